The van der Waals surface area contributed by atoms with Crippen LogP contribution in [-0.2, 0) is 14.8 Å². The van der Waals surface area contributed by atoms with Crippen LogP contribution in [0.4, 0.5) is 14.5 Å². The lowest BCUT2D eigenvalue weighted by Gasteiger charge is -2.26. The molecule has 4 rings (SSSR count). The normalized spacial score (nSPS) is 15.1. The minimum Gasteiger partial charge on any atom is -0.379 e. The van der Waals surface area contributed by atoms with E-state index in [0.717, 1.165) is 22.5 Å². The smallest absolute Gasteiger partial charge is 0.258 e. The van der Waals surface area contributed by atoms with Crippen molar-refractivity contribution in [2.75, 3.05) is 31.6 Å². The number of amides is 1. The van der Waals surface area contributed by atoms with Gasteiger partial charge in [0.05, 0.1) is 35.7 Å². The number of hydrogen-bond donors (Lipinski definition) is 1. The third kappa shape index (κ3) is 4.18. The van der Waals surface area contributed by atoms with Crippen LogP contribution in [-0.4, -0.2) is 54.9 Å². The number of benzene rings is 2. The van der Waals surface area contributed by atoms with Crippen molar-refractivity contribution in [1.29, 1.82) is 0 Å². The molecular weight excluding hydrogens is 442 g/mol. The summed E-state index contributed by atoms with van der Waals surface area (Å²) in [5, 5.41) is 2.51. The highest BCUT2D eigenvalue weighted by molar-refractivity contribution is 7.89. The summed E-state index contributed by atoms with van der Waals surface area (Å²) in [7, 11) is -4.12. The summed E-state index contributed by atoms with van der Waals surface area (Å²) >= 11 is 0. The molecule has 0 atom stereocenters. The van der Waals surface area contributed by atoms with Gasteiger partial charge in [-0.3, -0.25) is 4.79 Å². The largest absolute Gasteiger partial charge is 0.379 e. The van der Waals surface area contributed by atoms with Crippen LogP contribution >= 0.6 is 0 Å². The second-order valence-electron chi connectivity index (χ2n) is 7.33. The first-order valence-electron chi connectivity index (χ1n) is 9.80. The fraction of sp³-hybridized carbons (Fsp3) is 0.286. The highest BCUT2D eigenvalue weighted by Gasteiger charge is 2.29. The van der Waals surface area contributed by atoms with E-state index < -0.39 is 32.5 Å². The van der Waals surface area contributed by atoms with E-state index in [2.05, 4.69) is 15.3 Å². The van der Waals surface area contributed by atoms with Gasteiger partial charge < -0.3 is 10.1 Å². The van der Waals surface area contributed by atoms with Crippen LogP contribution in [0.2, 0.25) is 0 Å². The summed E-state index contributed by atoms with van der Waals surface area (Å²) in [4.78, 5) is 21.0. The molecule has 2 aromatic carbocycles. The van der Waals surface area contributed by atoms with Crippen molar-refractivity contribution in [2.24, 2.45) is 0 Å². The first kappa shape index (κ1) is 22.2. The number of sulfonamides is 1. The molecule has 32 heavy (non-hydrogen) atoms. The number of carbonyl (C=O) groups is 1. The van der Waals surface area contributed by atoms with Crippen molar-refractivity contribution in [3.63, 3.8) is 0 Å². The van der Waals surface area contributed by atoms with Crippen LogP contribution < -0.4 is 5.32 Å². The molecule has 8 nitrogen and oxygen atoms in total. The van der Waals surface area contributed by atoms with Gasteiger partial charge in [0.25, 0.3) is 5.91 Å². The van der Waals surface area contributed by atoms with Gasteiger partial charge in [-0.2, -0.15) is 4.31 Å². The maximum absolute atomic E-state index is 14.4. The van der Waals surface area contributed by atoms with E-state index in [9.17, 15) is 22.0 Å². The third-order valence-corrected chi connectivity index (χ3v) is 7.08. The van der Waals surface area contributed by atoms with E-state index in [0.29, 0.717) is 11.4 Å². The molecule has 1 amide bonds. The summed E-state index contributed by atoms with van der Waals surface area (Å²) in [5.74, 6) is -2.34. The highest BCUT2D eigenvalue weighted by Crippen LogP contribution is 2.25. The fourth-order valence-electron chi connectivity index (χ4n) is 3.37. The SMILES string of the molecule is Cc1nc2cc(F)cc(C(=O)Nc3ccc(F)c(S(=O)(=O)N4CCOCC4)c3)c2nc1C. The Balaban J connectivity index is 1.69. The van der Waals surface area contributed by atoms with Crippen molar-refractivity contribution >= 4 is 32.7 Å². The number of aryl methyl sites for hydroxylation is 2. The average Bonchev–Trinajstić information content (AvgIpc) is 2.76. The number of carbonyl (C=O) groups excluding carboxylic acids is 1. The molecule has 1 aromatic heterocycles. The summed E-state index contributed by atoms with van der Waals surface area (Å²) < 4.78 is 60.5. The zero-order valence-corrected chi connectivity index (χ0v) is 18.2. The molecule has 0 unspecified atom stereocenters. The Hall–Kier alpha value is -3.02. The Morgan fingerprint density at radius 2 is 1.75 bits per heavy atom. The molecular formula is C21H20F2N4O4S. The van der Waals surface area contributed by atoms with Crippen LogP contribution in [0.25, 0.3) is 11.0 Å². The summed E-state index contributed by atoms with van der Waals surface area (Å²) in [6.07, 6.45) is 0. The zero-order valence-electron chi connectivity index (χ0n) is 17.4. The molecule has 1 saturated heterocycles. The maximum atomic E-state index is 14.4. The van der Waals surface area contributed by atoms with E-state index in [1.807, 2.05) is 0 Å². The van der Waals surface area contributed by atoms with Crippen molar-refractivity contribution in [1.82, 2.24) is 14.3 Å². The number of fused-ring (bicyclic) bond motifs is 1. The standard InChI is InChI=1S/C21H20F2N4O4S/c1-12-13(2)25-20-16(9-14(22)10-18(20)24-12)21(28)26-15-3-4-17(23)19(11-15)32(29,30)27-5-7-31-8-6-27/h3-4,9-11H,5-8H2,1-2H3,(H,26,28). The molecule has 1 aliphatic rings. The molecule has 3 aromatic rings. The van der Waals surface area contributed by atoms with Crippen LogP contribution in [0, 0.1) is 25.5 Å². The van der Waals surface area contributed by atoms with Gasteiger partial charge in [-0.25, -0.2) is 27.2 Å². The van der Waals surface area contributed by atoms with E-state index in [4.69, 9.17) is 4.74 Å². The Morgan fingerprint density at radius 1 is 1.06 bits per heavy atom. The molecule has 0 radical (unpaired) electrons. The summed E-state index contributed by atoms with van der Waals surface area (Å²) in [6, 6.07) is 5.43. The zero-order chi connectivity index (χ0) is 23.0. The number of nitrogens with zero attached hydrogens (tertiary/aromatic N) is 3. The minimum atomic E-state index is -4.12. The highest BCUT2D eigenvalue weighted by atomic mass is 32.2. The van der Waals surface area contributed by atoms with E-state index >= 15 is 0 Å². The Labute approximate surface area is 183 Å². The maximum Gasteiger partial charge on any atom is 0.258 e. The number of hydrogen-bond acceptors (Lipinski definition) is 6. The first-order chi connectivity index (χ1) is 15.2. The van der Waals surface area contributed by atoms with Gasteiger partial charge in [0.1, 0.15) is 22.0 Å². The first-order valence-corrected chi connectivity index (χ1v) is 11.2. The number of halogens is 2. The predicted octanol–water partition coefficient (Wildman–Crippen LogP) is 2.80. The Kier molecular flexibility index (Phi) is 5.89. The van der Waals surface area contributed by atoms with E-state index in [-0.39, 0.29) is 48.6 Å². The molecule has 2 heterocycles. The van der Waals surface area contributed by atoms with Crippen LogP contribution in [0.5, 0.6) is 0 Å². The fourth-order valence-corrected chi connectivity index (χ4v) is 4.87. The third-order valence-electron chi connectivity index (χ3n) is 5.17. The van der Waals surface area contributed by atoms with Gasteiger partial charge in [0, 0.05) is 24.8 Å². The Bertz CT molecular complexity index is 1330. The lowest BCUT2D eigenvalue weighted by Crippen LogP contribution is -2.40. The number of morpholine rings is 1. The van der Waals surface area contributed by atoms with Gasteiger partial charge in [-0.1, -0.05) is 0 Å². The van der Waals surface area contributed by atoms with Gasteiger partial charge in [-0.05, 0) is 38.1 Å². The monoisotopic (exact) mass is 462 g/mol. The number of anilines is 1. The predicted molar refractivity (Wildman–Crippen MR) is 113 cm³/mol. The lowest BCUT2D eigenvalue weighted by molar-refractivity contribution is 0.0729. The molecule has 0 bridgehead atoms. The van der Waals surface area contributed by atoms with Crippen molar-refractivity contribution in [3.05, 3.63) is 58.9 Å². The molecule has 0 aliphatic carbocycles. The van der Waals surface area contributed by atoms with Crippen LogP contribution in [0.1, 0.15) is 21.7 Å². The van der Waals surface area contributed by atoms with E-state index in [1.54, 1.807) is 13.8 Å². The molecule has 1 fully saturated rings. The van der Waals surface area contributed by atoms with E-state index in [1.165, 1.54) is 12.1 Å². The summed E-state index contributed by atoms with van der Waals surface area (Å²) in [6.45, 7) is 4.07. The second-order valence-corrected chi connectivity index (χ2v) is 9.24. The minimum absolute atomic E-state index is 0.0393. The molecule has 0 saturated carbocycles. The van der Waals surface area contributed by atoms with Gasteiger partial charge in [0.2, 0.25) is 10.0 Å². The summed E-state index contributed by atoms with van der Waals surface area (Å²) in [5.41, 5.74) is 1.57. The molecule has 168 valence electrons. The quantitative estimate of drug-likeness (QED) is 0.640. The van der Waals surface area contributed by atoms with Crippen LogP contribution in [0.15, 0.2) is 35.2 Å². The van der Waals surface area contributed by atoms with Gasteiger partial charge in [-0.15, -0.1) is 0 Å². The van der Waals surface area contributed by atoms with Gasteiger partial charge in [0.15, 0.2) is 0 Å². The van der Waals surface area contributed by atoms with Crippen molar-refractivity contribution in [3.8, 4) is 0 Å². The lowest BCUT2D eigenvalue weighted by atomic mass is 10.1. The number of rotatable bonds is 4. The number of ether oxygens (including phenoxy) is 1. The number of aromatic nitrogens is 2. The molecule has 0 spiro atoms. The molecule has 1 N–H and O–H groups in total. The second kappa shape index (κ2) is 8.49. The van der Waals surface area contributed by atoms with Crippen LogP contribution in [0.3, 0.4) is 0 Å². The van der Waals surface area contributed by atoms with Gasteiger partial charge >= 0.3 is 0 Å². The Morgan fingerprint density at radius 3 is 2.47 bits per heavy atom. The van der Waals surface area contributed by atoms with Crippen molar-refractivity contribution in [2.45, 2.75) is 18.7 Å². The topological polar surface area (TPSA) is 101 Å². The van der Waals surface area contributed by atoms with Crippen molar-refractivity contribution < 1.29 is 26.7 Å². The molecule has 11 heteroatoms. The number of nitrogens with one attached hydrogen (secondary N) is 1. The average molecular weight is 462 g/mol. The molecule has 1 aliphatic heterocycles.